The third-order valence-corrected chi connectivity index (χ3v) is 6.20. The van der Waals surface area contributed by atoms with Crippen LogP contribution in [0, 0.1) is 6.92 Å². The highest BCUT2D eigenvalue weighted by molar-refractivity contribution is 7.99. The maximum atomic E-state index is 12.5. The summed E-state index contributed by atoms with van der Waals surface area (Å²) in [6.45, 7) is 1.61. The van der Waals surface area contributed by atoms with Crippen LogP contribution in [0.4, 0.5) is 5.00 Å². The number of esters is 2. The zero-order valence-corrected chi connectivity index (χ0v) is 17.6. The van der Waals surface area contributed by atoms with Crippen LogP contribution in [0.15, 0.2) is 41.4 Å². The Morgan fingerprint density at radius 2 is 1.79 bits per heavy atom. The van der Waals surface area contributed by atoms with Gasteiger partial charge in [0.1, 0.15) is 9.88 Å². The summed E-state index contributed by atoms with van der Waals surface area (Å²) in [5.74, 6) is -1.44. The van der Waals surface area contributed by atoms with Crippen LogP contribution >= 0.6 is 23.1 Å². The number of methoxy groups -OCH3 is 2. The van der Waals surface area contributed by atoms with Crippen LogP contribution in [0.2, 0.25) is 0 Å². The van der Waals surface area contributed by atoms with E-state index < -0.39 is 11.9 Å². The Hall–Kier alpha value is -2.91. The smallest absolute Gasteiger partial charge is 0.348 e. The maximum absolute atomic E-state index is 12.5. The Bertz CT molecular complexity index is 1090. The second-order valence-corrected chi connectivity index (χ2v) is 7.94. The third-order valence-electron chi connectivity index (χ3n) is 4.08. The number of nitrogens with one attached hydrogen (secondary N) is 1. The number of pyridine rings is 1. The van der Waals surface area contributed by atoms with Crippen molar-refractivity contribution < 1.29 is 23.9 Å². The van der Waals surface area contributed by atoms with Gasteiger partial charge in [-0.2, -0.15) is 0 Å². The van der Waals surface area contributed by atoms with Gasteiger partial charge >= 0.3 is 11.9 Å². The molecule has 0 spiro atoms. The molecule has 150 valence electrons. The molecule has 1 aromatic carbocycles. The number of ether oxygens (including phenoxy) is 2. The standard InChI is InChI=1S/C20H18N2O5S2/c1-11-16(19(24)26-2)18(29-17(11)20(25)27-3)22-14(23)10-28-15-9-8-12-6-4-5-7-13(12)21-15/h4-9H,10H2,1-3H3,(H,22,23). The van der Waals surface area contributed by atoms with Crippen LogP contribution < -0.4 is 5.32 Å². The van der Waals surface area contributed by atoms with E-state index in [1.807, 2.05) is 36.4 Å². The first-order chi connectivity index (χ1) is 13.9. The summed E-state index contributed by atoms with van der Waals surface area (Å²) in [6, 6.07) is 11.5. The van der Waals surface area contributed by atoms with Crippen LogP contribution in [0.5, 0.6) is 0 Å². The maximum Gasteiger partial charge on any atom is 0.348 e. The molecule has 3 rings (SSSR count). The normalized spacial score (nSPS) is 10.6. The molecule has 29 heavy (non-hydrogen) atoms. The largest absolute Gasteiger partial charge is 0.465 e. The van der Waals surface area contributed by atoms with E-state index in [0.29, 0.717) is 10.6 Å². The summed E-state index contributed by atoms with van der Waals surface area (Å²) in [7, 11) is 2.49. The number of carbonyl (C=O) groups is 3. The van der Waals surface area contributed by atoms with Crippen molar-refractivity contribution in [3.63, 3.8) is 0 Å². The lowest BCUT2D eigenvalue weighted by Gasteiger charge is -2.06. The lowest BCUT2D eigenvalue weighted by Crippen LogP contribution is -2.16. The number of anilines is 1. The van der Waals surface area contributed by atoms with Crippen molar-refractivity contribution in [3.05, 3.63) is 52.4 Å². The fourth-order valence-electron chi connectivity index (χ4n) is 2.67. The lowest BCUT2D eigenvalue weighted by molar-refractivity contribution is -0.113. The van der Waals surface area contributed by atoms with Crippen LogP contribution in [0.25, 0.3) is 10.9 Å². The Balaban J connectivity index is 1.75. The Morgan fingerprint density at radius 1 is 1.07 bits per heavy atom. The lowest BCUT2D eigenvalue weighted by atomic mass is 10.1. The predicted molar refractivity (Wildman–Crippen MR) is 113 cm³/mol. The number of fused-ring (bicyclic) bond motifs is 1. The number of benzene rings is 1. The first kappa shape index (κ1) is 20.8. The first-order valence-corrected chi connectivity index (χ1v) is 10.3. The first-order valence-electron chi connectivity index (χ1n) is 8.53. The molecule has 0 fully saturated rings. The highest BCUT2D eigenvalue weighted by atomic mass is 32.2. The van der Waals surface area contributed by atoms with Crippen molar-refractivity contribution in [1.29, 1.82) is 0 Å². The zero-order valence-electron chi connectivity index (χ0n) is 16.0. The molecule has 0 aliphatic rings. The van der Waals surface area contributed by atoms with Crippen molar-refractivity contribution in [2.45, 2.75) is 11.9 Å². The molecule has 0 saturated carbocycles. The van der Waals surface area contributed by atoms with Gasteiger partial charge in [0.2, 0.25) is 5.91 Å². The number of hydrogen-bond donors (Lipinski definition) is 1. The molecule has 0 saturated heterocycles. The second kappa shape index (κ2) is 9.06. The monoisotopic (exact) mass is 430 g/mol. The number of para-hydroxylation sites is 1. The molecule has 1 amide bonds. The van der Waals surface area contributed by atoms with E-state index in [2.05, 4.69) is 10.3 Å². The van der Waals surface area contributed by atoms with E-state index >= 15 is 0 Å². The highest BCUT2D eigenvalue weighted by Gasteiger charge is 2.26. The molecule has 7 nitrogen and oxygen atoms in total. The summed E-state index contributed by atoms with van der Waals surface area (Å²) < 4.78 is 9.52. The van der Waals surface area contributed by atoms with Gasteiger partial charge in [-0.25, -0.2) is 14.6 Å². The van der Waals surface area contributed by atoms with Gasteiger partial charge in [0.15, 0.2) is 0 Å². The molecule has 0 aliphatic carbocycles. The fraction of sp³-hybridized carbons (Fsp3) is 0.200. The van der Waals surface area contributed by atoms with Gasteiger partial charge in [0, 0.05) is 5.39 Å². The van der Waals surface area contributed by atoms with Crippen LogP contribution in [0.3, 0.4) is 0 Å². The Labute approximate surface area is 175 Å². The number of amides is 1. The highest BCUT2D eigenvalue weighted by Crippen LogP contribution is 2.34. The fourth-order valence-corrected chi connectivity index (χ4v) is 4.47. The topological polar surface area (TPSA) is 94.6 Å². The number of aromatic nitrogens is 1. The molecule has 0 aliphatic heterocycles. The number of nitrogens with zero attached hydrogens (tertiary/aromatic N) is 1. The molecule has 0 radical (unpaired) electrons. The molecule has 3 aromatic rings. The number of carbonyl (C=O) groups excluding carboxylic acids is 3. The SMILES string of the molecule is COC(=O)c1sc(NC(=O)CSc2ccc3ccccc3n2)c(C(=O)OC)c1C. The van der Waals surface area contributed by atoms with Gasteiger partial charge in [0.25, 0.3) is 0 Å². The molecule has 9 heteroatoms. The van der Waals surface area contributed by atoms with Crippen molar-refractivity contribution in [3.8, 4) is 0 Å². The van der Waals surface area contributed by atoms with Crippen LogP contribution in [-0.4, -0.2) is 42.8 Å². The molecule has 0 atom stereocenters. The van der Waals surface area contributed by atoms with E-state index in [0.717, 1.165) is 22.2 Å². The molecule has 2 aromatic heterocycles. The van der Waals surface area contributed by atoms with Gasteiger partial charge in [0.05, 0.1) is 36.1 Å². The minimum absolute atomic E-state index is 0.0937. The van der Waals surface area contributed by atoms with Gasteiger partial charge in [-0.05, 0) is 24.6 Å². The molecular weight excluding hydrogens is 412 g/mol. The molecular formula is C20H18N2O5S2. The number of rotatable bonds is 6. The van der Waals surface area contributed by atoms with Crippen molar-refractivity contribution in [1.82, 2.24) is 4.98 Å². The van der Waals surface area contributed by atoms with Gasteiger partial charge in [-0.1, -0.05) is 36.0 Å². The number of thioether (sulfide) groups is 1. The quantitative estimate of drug-likeness (QED) is 0.468. The zero-order chi connectivity index (χ0) is 21.0. The minimum atomic E-state index is -0.631. The summed E-state index contributed by atoms with van der Waals surface area (Å²) in [4.78, 5) is 41.3. The molecule has 2 heterocycles. The third kappa shape index (κ3) is 4.57. The Kier molecular flexibility index (Phi) is 6.50. The predicted octanol–water partition coefficient (Wildman–Crippen LogP) is 3.91. The molecule has 1 N–H and O–H groups in total. The van der Waals surface area contributed by atoms with Crippen molar-refractivity contribution in [2.75, 3.05) is 25.3 Å². The average Bonchev–Trinajstić information content (AvgIpc) is 3.06. The Morgan fingerprint density at radius 3 is 2.52 bits per heavy atom. The minimum Gasteiger partial charge on any atom is -0.465 e. The van der Waals surface area contributed by atoms with Crippen molar-refractivity contribution in [2.24, 2.45) is 0 Å². The van der Waals surface area contributed by atoms with E-state index in [9.17, 15) is 14.4 Å². The van der Waals surface area contributed by atoms with Gasteiger partial charge in [-0.3, -0.25) is 4.79 Å². The van der Waals surface area contributed by atoms with Gasteiger partial charge < -0.3 is 14.8 Å². The van der Waals surface area contributed by atoms with Gasteiger partial charge in [-0.15, -0.1) is 11.3 Å². The van der Waals surface area contributed by atoms with E-state index in [1.165, 1.54) is 26.0 Å². The number of hydrogen-bond acceptors (Lipinski definition) is 8. The summed E-state index contributed by atoms with van der Waals surface area (Å²) >= 11 is 2.26. The summed E-state index contributed by atoms with van der Waals surface area (Å²) in [5.41, 5.74) is 1.41. The summed E-state index contributed by atoms with van der Waals surface area (Å²) in [6.07, 6.45) is 0. The van der Waals surface area contributed by atoms with Crippen LogP contribution in [-0.2, 0) is 14.3 Å². The van der Waals surface area contributed by atoms with Crippen molar-refractivity contribution >= 4 is 56.8 Å². The number of thiophene rings is 1. The molecule has 0 bridgehead atoms. The van der Waals surface area contributed by atoms with E-state index in [1.54, 1.807) is 6.92 Å². The average molecular weight is 431 g/mol. The molecule has 0 unspecified atom stereocenters. The summed E-state index contributed by atoms with van der Waals surface area (Å²) in [5, 5.41) is 4.69. The van der Waals surface area contributed by atoms with Crippen LogP contribution in [0.1, 0.15) is 25.6 Å². The second-order valence-electron chi connectivity index (χ2n) is 5.92. The van der Waals surface area contributed by atoms with E-state index in [4.69, 9.17) is 9.47 Å². The van der Waals surface area contributed by atoms with E-state index in [-0.39, 0.29) is 27.1 Å².